The van der Waals surface area contributed by atoms with Gasteiger partial charge in [-0.25, -0.2) is 0 Å². The predicted molar refractivity (Wildman–Crippen MR) is 65.5 cm³/mol. The van der Waals surface area contributed by atoms with E-state index in [-0.39, 0.29) is 0 Å². The molecule has 0 heterocycles. The number of hydrogen-bond acceptors (Lipinski definition) is 1. The van der Waals surface area contributed by atoms with Crippen molar-refractivity contribution in [3.05, 3.63) is 0 Å². The molecule has 0 amide bonds. The highest BCUT2D eigenvalue weighted by molar-refractivity contribution is 4.82. The molecule has 0 aromatic carbocycles. The molecular weight excluding hydrogens is 170 g/mol. The summed E-state index contributed by atoms with van der Waals surface area (Å²) in [6.07, 6.45) is 1.28. The minimum absolute atomic E-state index is 0.428. The summed E-state index contributed by atoms with van der Waals surface area (Å²) in [5.41, 5.74) is 0.428. The Balaban J connectivity index is 4.38. The molecule has 0 fully saturated rings. The van der Waals surface area contributed by atoms with E-state index >= 15 is 0 Å². The Hall–Kier alpha value is -0.0400. The van der Waals surface area contributed by atoms with E-state index in [9.17, 15) is 0 Å². The molecular formula is C13H29N. The van der Waals surface area contributed by atoms with E-state index in [2.05, 4.69) is 53.8 Å². The van der Waals surface area contributed by atoms with Crippen LogP contribution in [-0.2, 0) is 0 Å². The van der Waals surface area contributed by atoms with Gasteiger partial charge in [-0.1, -0.05) is 48.0 Å². The van der Waals surface area contributed by atoms with Gasteiger partial charge in [0.25, 0.3) is 0 Å². The SMILES string of the molecule is CCNC(C)C(C)C(CC)C(C)(C)C. The van der Waals surface area contributed by atoms with E-state index in [1.807, 2.05) is 0 Å². The fourth-order valence-electron chi connectivity index (χ4n) is 2.63. The zero-order valence-electron chi connectivity index (χ0n) is 11.1. The molecule has 0 aliphatic rings. The average Bonchev–Trinajstić information content (AvgIpc) is 2.03. The predicted octanol–water partition coefficient (Wildman–Crippen LogP) is 3.69. The van der Waals surface area contributed by atoms with Crippen LogP contribution in [-0.4, -0.2) is 12.6 Å². The Morgan fingerprint density at radius 2 is 1.57 bits per heavy atom. The van der Waals surface area contributed by atoms with Gasteiger partial charge in [0.05, 0.1) is 0 Å². The summed E-state index contributed by atoms with van der Waals surface area (Å²) in [6, 6.07) is 0.629. The van der Waals surface area contributed by atoms with Crippen LogP contribution in [0.2, 0.25) is 0 Å². The van der Waals surface area contributed by atoms with Gasteiger partial charge in [0, 0.05) is 6.04 Å². The van der Waals surface area contributed by atoms with Crippen molar-refractivity contribution >= 4 is 0 Å². The lowest BCUT2D eigenvalue weighted by Gasteiger charge is -2.38. The first-order valence-electron chi connectivity index (χ1n) is 6.07. The normalized spacial score (nSPS) is 19.1. The number of nitrogens with one attached hydrogen (secondary N) is 1. The highest BCUT2D eigenvalue weighted by Crippen LogP contribution is 2.35. The van der Waals surface area contributed by atoms with Gasteiger partial charge in [0.1, 0.15) is 0 Å². The second-order valence-corrected chi connectivity index (χ2v) is 5.59. The van der Waals surface area contributed by atoms with Crippen molar-refractivity contribution in [2.75, 3.05) is 6.54 Å². The first-order valence-corrected chi connectivity index (χ1v) is 6.07. The number of rotatable bonds is 5. The molecule has 86 valence electrons. The van der Waals surface area contributed by atoms with Crippen molar-refractivity contribution in [2.24, 2.45) is 17.3 Å². The molecule has 0 radical (unpaired) electrons. The molecule has 0 saturated heterocycles. The summed E-state index contributed by atoms with van der Waals surface area (Å²) in [5.74, 6) is 1.55. The first-order chi connectivity index (χ1) is 6.34. The molecule has 1 nitrogen and oxygen atoms in total. The standard InChI is InChI=1S/C13H29N/c1-8-12(13(5,6)7)10(3)11(4)14-9-2/h10-12,14H,8-9H2,1-7H3. The largest absolute Gasteiger partial charge is 0.314 e. The quantitative estimate of drug-likeness (QED) is 0.712. The molecule has 0 aromatic heterocycles. The van der Waals surface area contributed by atoms with Crippen LogP contribution in [0.25, 0.3) is 0 Å². The summed E-state index contributed by atoms with van der Waals surface area (Å²) in [6.45, 7) is 17.3. The lowest BCUT2D eigenvalue weighted by molar-refractivity contribution is 0.136. The van der Waals surface area contributed by atoms with Crippen molar-refractivity contribution in [3.63, 3.8) is 0 Å². The van der Waals surface area contributed by atoms with Crippen LogP contribution in [0.1, 0.15) is 54.9 Å². The van der Waals surface area contributed by atoms with Crippen molar-refractivity contribution < 1.29 is 0 Å². The van der Waals surface area contributed by atoms with Gasteiger partial charge in [0.2, 0.25) is 0 Å². The molecule has 3 unspecified atom stereocenters. The molecule has 1 N–H and O–H groups in total. The summed E-state index contributed by atoms with van der Waals surface area (Å²) in [4.78, 5) is 0. The Labute approximate surface area is 90.7 Å². The molecule has 0 aliphatic heterocycles. The number of hydrogen-bond donors (Lipinski definition) is 1. The van der Waals surface area contributed by atoms with Gasteiger partial charge in [-0.15, -0.1) is 0 Å². The maximum Gasteiger partial charge on any atom is 0.00670 e. The van der Waals surface area contributed by atoms with Gasteiger partial charge in [-0.05, 0) is 30.7 Å². The maximum absolute atomic E-state index is 3.53. The van der Waals surface area contributed by atoms with Gasteiger partial charge in [0.15, 0.2) is 0 Å². The minimum Gasteiger partial charge on any atom is -0.314 e. The minimum atomic E-state index is 0.428. The summed E-state index contributed by atoms with van der Waals surface area (Å²) >= 11 is 0. The lowest BCUT2D eigenvalue weighted by atomic mass is 9.70. The van der Waals surface area contributed by atoms with Crippen molar-refractivity contribution in [2.45, 2.75) is 60.9 Å². The fraction of sp³-hybridized carbons (Fsp3) is 1.00. The lowest BCUT2D eigenvalue weighted by Crippen LogP contribution is -2.39. The molecule has 14 heavy (non-hydrogen) atoms. The average molecular weight is 199 g/mol. The Morgan fingerprint density at radius 3 is 1.86 bits per heavy atom. The van der Waals surface area contributed by atoms with Crippen molar-refractivity contribution in [3.8, 4) is 0 Å². The molecule has 0 bridgehead atoms. The molecule has 0 saturated carbocycles. The van der Waals surface area contributed by atoms with E-state index in [4.69, 9.17) is 0 Å². The summed E-state index contributed by atoms with van der Waals surface area (Å²) in [7, 11) is 0. The van der Waals surface area contributed by atoms with Gasteiger partial charge in [-0.2, -0.15) is 0 Å². The first kappa shape index (κ1) is 14.0. The van der Waals surface area contributed by atoms with E-state index in [0.717, 1.165) is 18.4 Å². The Bertz CT molecular complexity index is 146. The van der Waals surface area contributed by atoms with Crippen LogP contribution in [0, 0.1) is 17.3 Å². The summed E-state index contributed by atoms with van der Waals surface area (Å²) < 4.78 is 0. The maximum atomic E-state index is 3.53. The highest BCUT2D eigenvalue weighted by Gasteiger charge is 2.30. The zero-order valence-corrected chi connectivity index (χ0v) is 11.1. The smallest absolute Gasteiger partial charge is 0.00670 e. The molecule has 0 aromatic rings. The molecule has 0 aliphatic carbocycles. The van der Waals surface area contributed by atoms with Crippen molar-refractivity contribution in [1.82, 2.24) is 5.32 Å². The molecule has 1 heteroatoms. The van der Waals surface area contributed by atoms with Crippen molar-refractivity contribution in [1.29, 1.82) is 0 Å². The molecule has 0 spiro atoms. The second-order valence-electron chi connectivity index (χ2n) is 5.59. The van der Waals surface area contributed by atoms with Crippen LogP contribution in [0.3, 0.4) is 0 Å². The van der Waals surface area contributed by atoms with E-state index in [1.54, 1.807) is 0 Å². The highest BCUT2D eigenvalue weighted by atomic mass is 14.9. The van der Waals surface area contributed by atoms with Gasteiger partial charge >= 0.3 is 0 Å². The topological polar surface area (TPSA) is 12.0 Å². The van der Waals surface area contributed by atoms with Crippen LogP contribution < -0.4 is 5.32 Å². The molecule has 3 atom stereocenters. The fourth-order valence-corrected chi connectivity index (χ4v) is 2.63. The zero-order chi connectivity index (χ0) is 11.4. The Morgan fingerprint density at radius 1 is 1.07 bits per heavy atom. The van der Waals surface area contributed by atoms with Crippen LogP contribution in [0.5, 0.6) is 0 Å². The van der Waals surface area contributed by atoms with Gasteiger partial charge < -0.3 is 5.32 Å². The summed E-state index contributed by atoms with van der Waals surface area (Å²) in [5, 5.41) is 3.53. The van der Waals surface area contributed by atoms with Crippen LogP contribution in [0.4, 0.5) is 0 Å². The monoisotopic (exact) mass is 199 g/mol. The van der Waals surface area contributed by atoms with Crippen LogP contribution >= 0.6 is 0 Å². The third-order valence-electron chi connectivity index (χ3n) is 3.50. The second kappa shape index (κ2) is 5.75. The van der Waals surface area contributed by atoms with E-state index in [1.165, 1.54) is 6.42 Å². The van der Waals surface area contributed by atoms with Crippen LogP contribution in [0.15, 0.2) is 0 Å². The van der Waals surface area contributed by atoms with Gasteiger partial charge in [-0.3, -0.25) is 0 Å². The van der Waals surface area contributed by atoms with E-state index in [0.29, 0.717) is 11.5 Å². The van der Waals surface area contributed by atoms with E-state index < -0.39 is 0 Å². The third kappa shape index (κ3) is 4.00. The third-order valence-corrected chi connectivity index (χ3v) is 3.50. The molecule has 0 rings (SSSR count). The Kier molecular flexibility index (Phi) is 5.73.